The highest BCUT2D eigenvalue weighted by Crippen LogP contribution is 2.28. The predicted octanol–water partition coefficient (Wildman–Crippen LogP) is 4.70. The van der Waals surface area contributed by atoms with Crippen molar-refractivity contribution in [2.45, 2.75) is 39.5 Å². The number of hydrogen-bond donors (Lipinski definition) is 2. The van der Waals surface area contributed by atoms with Crippen molar-refractivity contribution in [2.75, 3.05) is 12.3 Å². The normalized spacial score (nSPS) is 11.8. The van der Waals surface area contributed by atoms with E-state index in [0.717, 1.165) is 18.4 Å². The van der Waals surface area contributed by atoms with Gasteiger partial charge in [0.1, 0.15) is 16.9 Å². The van der Waals surface area contributed by atoms with Crippen LogP contribution in [0.5, 0.6) is 0 Å². The fourth-order valence-corrected chi connectivity index (χ4v) is 3.55. The number of nitrogens with two attached hydrogens (primary N) is 1. The molecule has 32 heavy (non-hydrogen) atoms. The summed E-state index contributed by atoms with van der Waals surface area (Å²) in [7, 11) is 0. The van der Waals surface area contributed by atoms with Crippen LogP contribution in [-0.4, -0.2) is 33.3 Å². The summed E-state index contributed by atoms with van der Waals surface area (Å²) in [5.74, 6) is 0.419. The quantitative estimate of drug-likeness (QED) is 0.329. The molecule has 0 aliphatic rings. The number of rotatable bonds is 7. The lowest BCUT2D eigenvalue weighted by molar-refractivity contribution is 0.0955. The van der Waals surface area contributed by atoms with E-state index < -0.39 is 0 Å². The zero-order chi connectivity index (χ0) is 22.7. The number of amides is 1. The Morgan fingerprint density at radius 1 is 1.12 bits per heavy atom. The summed E-state index contributed by atoms with van der Waals surface area (Å²) < 4.78 is 1.50. The monoisotopic (exact) mass is 428 g/mol. The van der Waals surface area contributed by atoms with Gasteiger partial charge in [-0.15, -0.1) is 0 Å². The van der Waals surface area contributed by atoms with Gasteiger partial charge in [0.25, 0.3) is 5.91 Å². The van der Waals surface area contributed by atoms with E-state index in [-0.39, 0.29) is 11.7 Å². The van der Waals surface area contributed by atoms with E-state index in [9.17, 15) is 4.79 Å². The summed E-state index contributed by atoms with van der Waals surface area (Å²) in [4.78, 5) is 22.4. The lowest BCUT2D eigenvalue weighted by Crippen LogP contribution is -2.25. The van der Waals surface area contributed by atoms with Gasteiger partial charge >= 0.3 is 0 Å². The van der Waals surface area contributed by atoms with Gasteiger partial charge in [0.05, 0.1) is 17.2 Å². The standard InChI is InChI=1S/C25H28N6O/c1-4-5-14-27-25(32)21-22-24(30-20-9-7-6-8-19(20)29-22)31(23(21)26)28-15-17-10-12-18(13-11-17)16(2)3/h6-13,15-16H,4-5,14,26H2,1-3H3,(H,27,32). The third-order valence-corrected chi connectivity index (χ3v) is 5.44. The van der Waals surface area contributed by atoms with E-state index in [0.29, 0.717) is 40.2 Å². The van der Waals surface area contributed by atoms with Crippen molar-refractivity contribution in [1.29, 1.82) is 0 Å². The molecule has 1 amide bonds. The van der Waals surface area contributed by atoms with Gasteiger partial charge in [-0.25, -0.2) is 9.97 Å². The van der Waals surface area contributed by atoms with Gasteiger partial charge in [0.2, 0.25) is 0 Å². The summed E-state index contributed by atoms with van der Waals surface area (Å²) >= 11 is 0. The van der Waals surface area contributed by atoms with Crippen molar-refractivity contribution >= 4 is 40.1 Å². The van der Waals surface area contributed by atoms with Crippen LogP contribution in [0.15, 0.2) is 53.6 Å². The van der Waals surface area contributed by atoms with E-state index in [1.807, 2.05) is 36.4 Å². The molecule has 3 N–H and O–H groups in total. The molecule has 0 unspecified atom stereocenters. The number of para-hydroxylation sites is 2. The van der Waals surface area contributed by atoms with Crippen LogP contribution in [-0.2, 0) is 0 Å². The Labute approximate surface area is 187 Å². The molecule has 0 bridgehead atoms. The van der Waals surface area contributed by atoms with Gasteiger partial charge in [-0.05, 0) is 35.6 Å². The Morgan fingerprint density at radius 2 is 1.81 bits per heavy atom. The predicted molar refractivity (Wildman–Crippen MR) is 130 cm³/mol. The van der Waals surface area contributed by atoms with Crippen LogP contribution < -0.4 is 11.1 Å². The lowest BCUT2D eigenvalue weighted by atomic mass is 10.0. The molecule has 0 spiro atoms. The number of benzene rings is 2. The fourth-order valence-electron chi connectivity index (χ4n) is 3.55. The summed E-state index contributed by atoms with van der Waals surface area (Å²) in [5.41, 5.74) is 11.2. The van der Waals surface area contributed by atoms with Crippen LogP contribution in [0.3, 0.4) is 0 Å². The molecule has 4 rings (SSSR count). The number of nitrogens with one attached hydrogen (secondary N) is 1. The average Bonchev–Trinajstić information content (AvgIpc) is 3.06. The lowest BCUT2D eigenvalue weighted by Gasteiger charge is -2.05. The van der Waals surface area contributed by atoms with Crippen molar-refractivity contribution in [2.24, 2.45) is 5.10 Å². The highest BCUT2D eigenvalue weighted by molar-refractivity contribution is 6.10. The second-order valence-corrected chi connectivity index (χ2v) is 8.13. The van der Waals surface area contributed by atoms with E-state index >= 15 is 0 Å². The zero-order valence-corrected chi connectivity index (χ0v) is 18.7. The van der Waals surface area contributed by atoms with Crippen LogP contribution >= 0.6 is 0 Å². The molecular weight excluding hydrogens is 400 g/mol. The molecule has 0 fully saturated rings. The molecule has 164 valence electrons. The SMILES string of the molecule is CCCCNC(=O)c1c(N)n(N=Cc2ccc(C(C)C)cc2)c2nc3ccccc3nc12. The Kier molecular flexibility index (Phi) is 6.16. The van der Waals surface area contributed by atoms with Gasteiger partial charge in [-0.3, -0.25) is 4.79 Å². The molecule has 2 aromatic carbocycles. The summed E-state index contributed by atoms with van der Waals surface area (Å²) in [6.45, 7) is 6.97. The maximum absolute atomic E-state index is 13.0. The van der Waals surface area contributed by atoms with Crippen LogP contribution in [0.2, 0.25) is 0 Å². The van der Waals surface area contributed by atoms with Crippen LogP contribution in [0.4, 0.5) is 5.82 Å². The summed E-state index contributed by atoms with van der Waals surface area (Å²) in [6.07, 6.45) is 3.60. The molecule has 7 heteroatoms. The minimum Gasteiger partial charge on any atom is -0.383 e. The van der Waals surface area contributed by atoms with Gasteiger partial charge in [0.15, 0.2) is 5.65 Å². The smallest absolute Gasteiger partial charge is 0.257 e. The maximum Gasteiger partial charge on any atom is 0.257 e. The largest absolute Gasteiger partial charge is 0.383 e. The summed E-state index contributed by atoms with van der Waals surface area (Å²) in [5, 5.41) is 7.50. The second-order valence-electron chi connectivity index (χ2n) is 8.13. The van der Waals surface area contributed by atoms with Crippen molar-refractivity contribution in [3.63, 3.8) is 0 Å². The van der Waals surface area contributed by atoms with Crippen LogP contribution in [0.1, 0.15) is 61.0 Å². The summed E-state index contributed by atoms with van der Waals surface area (Å²) in [6, 6.07) is 15.7. The maximum atomic E-state index is 13.0. The fraction of sp³-hybridized carbons (Fsp3) is 0.280. The molecule has 4 aromatic rings. The minimum atomic E-state index is -0.263. The zero-order valence-electron chi connectivity index (χ0n) is 18.7. The molecule has 0 saturated heterocycles. The first kappa shape index (κ1) is 21.5. The Morgan fingerprint density at radius 3 is 2.47 bits per heavy atom. The Balaban J connectivity index is 1.80. The number of unbranched alkanes of at least 4 members (excludes halogenated alkanes) is 1. The van der Waals surface area contributed by atoms with E-state index in [4.69, 9.17) is 15.7 Å². The third kappa shape index (κ3) is 4.19. The van der Waals surface area contributed by atoms with E-state index in [1.165, 1.54) is 10.2 Å². The molecule has 0 saturated carbocycles. The number of nitrogen functional groups attached to an aromatic ring is 1. The molecule has 0 aliphatic carbocycles. The first-order valence-corrected chi connectivity index (χ1v) is 11.0. The van der Waals surface area contributed by atoms with E-state index in [1.54, 1.807) is 6.21 Å². The average molecular weight is 429 g/mol. The highest BCUT2D eigenvalue weighted by Gasteiger charge is 2.23. The topological polar surface area (TPSA) is 98.2 Å². The first-order valence-electron chi connectivity index (χ1n) is 11.0. The third-order valence-electron chi connectivity index (χ3n) is 5.44. The van der Waals surface area contributed by atoms with Gasteiger partial charge in [0, 0.05) is 6.54 Å². The Bertz CT molecular complexity index is 1290. The number of fused-ring (bicyclic) bond motifs is 2. The molecule has 2 heterocycles. The van der Waals surface area contributed by atoms with Gasteiger partial charge in [-0.1, -0.05) is 63.6 Å². The number of aromatic nitrogens is 3. The molecule has 2 aromatic heterocycles. The van der Waals surface area contributed by atoms with Crippen LogP contribution in [0.25, 0.3) is 22.2 Å². The second kappa shape index (κ2) is 9.18. The number of nitrogens with zero attached hydrogens (tertiary/aromatic N) is 4. The number of anilines is 1. The van der Waals surface area contributed by atoms with E-state index in [2.05, 4.69) is 43.3 Å². The van der Waals surface area contributed by atoms with Gasteiger partial charge in [-0.2, -0.15) is 9.78 Å². The molecule has 0 atom stereocenters. The molecular formula is C25H28N6O. The van der Waals surface area contributed by atoms with Crippen molar-refractivity contribution in [3.05, 3.63) is 65.2 Å². The minimum absolute atomic E-state index is 0.222. The number of hydrogen-bond acceptors (Lipinski definition) is 5. The Hall–Kier alpha value is -3.74. The van der Waals surface area contributed by atoms with Crippen LogP contribution in [0, 0.1) is 0 Å². The van der Waals surface area contributed by atoms with Crippen molar-refractivity contribution in [3.8, 4) is 0 Å². The first-order chi connectivity index (χ1) is 15.5. The number of carbonyl (C=O) groups excluding carboxylic acids is 1. The van der Waals surface area contributed by atoms with Crippen molar-refractivity contribution < 1.29 is 4.79 Å². The van der Waals surface area contributed by atoms with Gasteiger partial charge < -0.3 is 11.1 Å². The molecule has 0 radical (unpaired) electrons. The highest BCUT2D eigenvalue weighted by atomic mass is 16.1. The molecule has 7 nitrogen and oxygen atoms in total. The van der Waals surface area contributed by atoms with Crippen molar-refractivity contribution in [1.82, 2.24) is 20.0 Å². The molecule has 0 aliphatic heterocycles. The number of carbonyl (C=O) groups is 1.